The van der Waals surface area contributed by atoms with Crippen LogP contribution in [0.2, 0.25) is 0 Å². The number of benzene rings is 2. The van der Waals surface area contributed by atoms with Crippen molar-refractivity contribution in [3.05, 3.63) is 76.1 Å². The molecule has 0 aliphatic rings. The van der Waals surface area contributed by atoms with Crippen molar-refractivity contribution >= 4 is 22.5 Å². The molecule has 1 amide bonds. The van der Waals surface area contributed by atoms with Crippen LogP contribution >= 0.6 is 0 Å². The molecule has 1 heterocycles. The maximum Gasteiger partial charge on any atom is 0.261 e. The summed E-state index contributed by atoms with van der Waals surface area (Å²) < 4.78 is 1.81. The van der Waals surface area contributed by atoms with E-state index in [-0.39, 0.29) is 16.9 Å². The fraction of sp³-hybridized carbons (Fsp3) is 0.238. The minimum absolute atomic E-state index is 0.149. The first-order valence-corrected chi connectivity index (χ1v) is 8.59. The van der Waals surface area contributed by atoms with E-state index in [1.165, 1.54) is 5.56 Å². The SMILES string of the molecule is CCCCc1ccc(NC(=O)c2cn(C)c3ccccc3c2=O)cc1. The number of para-hydroxylation sites is 1. The molecule has 0 unspecified atom stereocenters. The summed E-state index contributed by atoms with van der Waals surface area (Å²) in [5, 5.41) is 3.37. The standard InChI is InChI=1S/C21H22N2O2/c1-3-4-7-15-10-12-16(13-11-15)22-21(25)18-14-23(2)19-9-6-5-8-17(19)20(18)24/h5-6,8-14H,3-4,7H2,1-2H3,(H,22,25). The summed E-state index contributed by atoms with van der Waals surface area (Å²) in [5.41, 5.74) is 2.66. The molecule has 0 saturated heterocycles. The first-order chi connectivity index (χ1) is 12.1. The monoisotopic (exact) mass is 334 g/mol. The number of anilines is 1. The third-order valence-corrected chi connectivity index (χ3v) is 4.37. The number of carbonyl (C=O) groups excluding carboxylic acids is 1. The summed E-state index contributed by atoms with van der Waals surface area (Å²) in [5.74, 6) is -0.382. The van der Waals surface area contributed by atoms with Crippen LogP contribution in [0.15, 0.2) is 59.5 Å². The van der Waals surface area contributed by atoms with Gasteiger partial charge in [0.1, 0.15) is 5.56 Å². The molecule has 25 heavy (non-hydrogen) atoms. The fourth-order valence-corrected chi connectivity index (χ4v) is 2.94. The molecule has 0 saturated carbocycles. The van der Waals surface area contributed by atoms with Crippen LogP contribution < -0.4 is 10.7 Å². The van der Waals surface area contributed by atoms with Gasteiger partial charge in [0.2, 0.25) is 5.43 Å². The Bertz CT molecular complexity index is 956. The van der Waals surface area contributed by atoms with Crippen LogP contribution in [0, 0.1) is 0 Å². The zero-order valence-electron chi connectivity index (χ0n) is 14.6. The van der Waals surface area contributed by atoms with Gasteiger partial charge >= 0.3 is 0 Å². The highest BCUT2D eigenvalue weighted by molar-refractivity contribution is 6.05. The Kier molecular flexibility index (Phi) is 4.98. The molecule has 0 radical (unpaired) electrons. The molecule has 0 aliphatic carbocycles. The average molecular weight is 334 g/mol. The number of unbranched alkanes of at least 4 members (excludes halogenated alkanes) is 1. The maximum atomic E-state index is 12.6. The largest absolute Gasteiger partial charge is 0.350 e. The summed E-state index contributed by atoms with van der Waals surface area (Å²) in [6.45, 7) is 2.17. The number of carbonyl (C=O) groups is 1. The van der Waals surface area contributed by atoms with Gasteiger partial charge in [-0.05, 0) is 42.7 Å². The van der Waals surface area contributed by atoms with E-state index >= 15 is 0 Å². The smallest absolute Gasteiger partial charge is 0.261 e. The van der Waals surface area contributed by atoms with E-state index in [1.54, 1.807) is 22.9 Å². The molecule has 4 nitrogen and oxygen atoms in total. The second kappa shape index (κ2) is 7.34. The first kappa shape index (κ1) is 17.0. The molecule has 0 aliphatic heterocycles. The molecule has 0 atom stereocenters. The van der Waals surface area contributed by atoms with Gasteiger partial charge in [-0.25, -0.2) is 0 Å². The van der Waals surface area contributed by atoms with Crippen molar-refractivity contribution in [3.63, 3.8) is 0 Å². The van der Waals surface area contributed by atoms with Gasteiger partial charge in [0.15, 0.2) is 0 Å². The Hall–Kier alpha value is -2.88. The second-order valence-electron chi connectivity index (χ2n) is 6.25. The Morgan fingerprint density at radius 3 is 2.52 bits per heavy atom. The van der Waals surface area contributed by atoms with E-state index < -0.39 is 0 Å². The van der Waals surface area contributed by atoms with Gasteiger partial charge in [0, 0.05) is 24.3 Å². The number of pyridine rings is 1. The van der Waals surface area contributed by atoms with Gasteiger partial charge in [0.25, 0.3) is 5.91 Å². The molecule has 1 aromatic heterocycles. The molecular formula is C21H22N2O2. The van der Waals surface area contributed by atoms with E-state index in [2.05, 4.69) is 12.2 Å². The minimum atomic E-state index is -0.382. The third kappa shape index (κ3) is 3.63. The lowest BCUT2D eigenvalue weighted by Crippen LogP contribution is -2.23. The number of nitrogens with zero attached hydrogens (tertiary/aromatic N) is 1. The van der Waals surface area contributed by atoms with Gasteiger partial charge in [-0.15, -0.1) is 0 Å². The summed E-state index contributed by atoms with van der Waals surface area (Å²) in [4.78, 5) is 25.2. The number of aromatic nitrogens is 1. The Morgan fingerprint density at radius 1 is 1.08 bits per heavy atom. The van der Waals surface area contributed by atoms with Crippen LogP contribution in [-0.4, -0.2) is 10.5 Å². The maximum absolute atomic E-state index is 12.6. The number of nitrogens with one attached hydrogen (secondary N) is 1. The van der Waals surface area contributed by atoms with E-state index in [1.807, 2.05) is 43.4 Å². The minimum Gasteiger partial charge on any atom is -0.350 e. The third-order valence-electron chi connectivity index (χ3n) is 4.37. The van der Waals surface area contributed by atoms with Gasteiger partial charge in [-0.3, -0.25) is 9.59 Å². The van der Waals surface area contributed by atoms with Gasteiger partial charge in [-0.1, -0.05) is 37.6 Å². The number of fused-ring (bicyclic) bond motifs is 1. The van der Waals surface area contributed by atoms with Crippen LogP contribution in [0.3, 0.4) is 0 Å². The molecule has 0 fully saturated rings. The van der Waals surface area contributed by atoms with Crippen LogP contribution in [0.25, 0.3) is 10.9 Å². The highest BCUT2D eigenvalue weighted by Gasteiger charge is 2.14. The molecule has 3 aromatic rings. The highest BCUT2D eigenvalue weighted by Crippen LogP contribution is 2.14. The molecule has 128 valence electrons. The van der Waals surface area contributed by atoms with Crippen molar-refractivity contribution in [2.24, 2.45) is 7.05 Å². The molecule has 0 spiro atoms. The van der Waals surface area contributed by atoms with Gasteiger partial charge in [-0.2, -0.15) is 0 Å². The quantitative estimate of drug-likeness (QED) is 0.762. The first-order valence-electron chi connectivity index (χ1n) is 8.59. The Balaban J connectivity index is 1.85. The predicted octanol–water partition coefficient (Wildman–Crippen LogP) is 4.13. The molecule has 3 rings (SSSR count). The van der Waals surface area contributed by atoms with Crippen molar-refractivity contribution < 1.29 is 4.79 Å². The molecule has 4 heteroatoms. The number of aryl methyl sites for hydroxylation is 2. The zero-order valence-corrected chi connectivity index (χ0v) is 14.6. The summed E-state index contributed by atoms with van der Waals surface area (Å²) in [6.07, 6.45) is 4.94. The van der Waals surface area contributed by atoms with Gasteiger partial charge in [0.05, 0.1) is 5.52 Å². The highest BCUT2D eigenvalue weighted by atomic mass is 16.2. The van der Waals surface area contributed by atoms with E-state index in [0.717, 1.165) is 24.8 Å². The van der Waals surface area contributed by atoms with Crippen molar-refractivity contribution in [1.82, 2.24) is 4.57 Å². The number of hydrogen-bond donors (Lipinski definition) is 1. The number of amides is 1. The molecule has 2 aromatic carbocycles. The van der Waals surface area contributed by atoms with Crippen LogP contribution in [0.4, 0.5) is 5.69 Å². The van der Waals surface area contributed by atoms with Crippen LogP contribution in [-0.2, 0) is 13.5 Å². The lowest BCUT2D eigenvalue weighted by molar-refractivity contribution is 0.102. The lowest BCUT2D eigenvalue weighted by atomic mass is 10.1. The lowest BCUT2D eigenvalue weighted by Gasteiger charge is -2.10. The summed E-state index contributed by atoms with van der Waals surface area (Å²) >= 11 is 0. The molecule has 0 bridgehead atoms. The Labute approximate surface area is 147 Å². The van der Waals surface area contributed by atoms with E-state index in [4.69, 9.17) is 0 Å². The Morgan fingerprint density at radius 2 is 1.80 bits per heavy atom. The number of rotatable bonds is 5. The van der Waals surface area contributed by atoms with Crippen LogP contribution in [0.1, 0.15) is 35.7 Å². The molecular weight excluding hydrogens is 312 g/mol. The number of hydrogen-bond acceptors (Lipinski definition) is 2. The van der Waals surface area contributed by atoms with Gasteiger partial charge < -0.3 is 9.88 Å². The van der Waals surface area contributed by atoms with E-state index in [0.29, 0.717) is 11.1 Å². The zero-order chi connectivity index (χ0) is 17.8. The second-order valence-corrected chi connectivity index (χ2v) is 6.25. The fourth-order valence-electron chi connectivity index (χ4n) is 2.94. The predicted molar refractivity (Wildman–Crippen MR) is 102 cm³/mol. The summed E-state index contributed by atoms with van der Waals surface area (Å²) in [6, 6.07) is 15.1. The van der Waals surface area contributed by atoms with Crippen LogP contribution in [0.5, 0.6) is 0 Å². The van der Waals surface area contributed by atoms with Crippen molar-refractivity contribution in [2.75, 3.05) is 5.32 Å². The topological polar surface area (TPSA) is 51.1 Å². The average Bonchev–Trinajstić information content (AvgIpc) is 2.64. The van der Waals surface area contributed by atoms with Crippen molar-refractivity contribution in [1.29, 1.82) is 0 Å². The normalized spacial score (nSPS) is 10.8. The summed E-state index contributed by atoms with van der Waals surface area (Å²) in [7, 11) is 1.83. The van der Waals surface area contributed by atoms with Crippen molar-refractivity contribution in [2.45, 2.75) is 26.2 Å². The van der Waals surface area contributed by atoms with Crippen molar-refractivity contribution in [3.8, 4) is 0 Å². The molecule has 1 N–H and O–H groups in total. The van der Waals surface area contributed by atoms with E-state index in [9.17, 15) is 9.59 Å².